The average Bonchev–Trinajstić information content (AvgIpc) is 2.99. The molecule has 0 aliphatic heterocycles. The Morgan fingerprint density at radius 3 is 2.82 bits per heavy atom. The number of aromatic hydroxyl groups is 1. The number of amides is 1. The lowest BCUT2D eigenvalue weighted by atomic mass is 10.0. The summed E-state index contributed by atoms with van der Waals surface area (Å²) in [5.74, 6) is 0.00152. The smallest absolute Gasteiger partial charge is 0.244 e. The van der Waals surface area contributed by atoms with E-state index in [4.69, 9.17) is 0 Å². The van der Waals surface area contributed by atoms with Crippen molar-refractivity contribution in [2.24, 2.45) is 0 Å². The molecule has 1 unspecified atom stereocenters. The number of nitrogens with one attached hydrogen (secondary N) is 1. The molecule has 1 aromatic carbocycles. The highest BCUT2D eigenvalue weighted by Crippen LogP contribution is 2.25. The van der Waals surface area contributed by atoms with Crippen LogP contribution in [0.25, 0.3) is 6.08 Å². The van der Waals surface area contributed by atoms with Gasteiger partial charge in [0.25, 0.3) is 0 Å². The third kappa shape index (κ3) is 3.75. The van der Waals surface area contributed by atoms with Crippen LogP contribution < -0.4 is 5.32 Å². The van der Waals surface area contributed by atoms with Crippen LogP contribution in [0.5, 0.6) is 5.75 Å². The Kier molecular flexibility index (Phi) is 5.36. The number of carbonyl (C=O) groups is 1. The summed E-state index contributed by atoms with van der Waals surface area (Å²) in [6.45, 7) is 4.72. The largest absolute Gasteiger partial charge is 0.508 e. The molecular formula is C17H21N3O2. The van der Waals surface area contributed by atoms with Gasteiger partial charge in [-0.15, -0.1) is 0 Å². The Hall–Kier alpha value is -2.56. The van der Waals surface area contributed by atoms with Crippen LogP contribution >= 0.6 is 0 Å². The molecule has 22 heavy (non-hydrogen) atoms. The zero-order valence-electron chi connectivity index (χ0n) is 12.9. The summed E-state index contributed by atoms with van der Waals surface area (Å²) in [4.78, 5) is 12.1. The quantitative estimate of drug-likeness (QED) is 0.806. The van der Waals surface area contributed by atoms with Crippen molar-refractivity contribution in [1.82, 2.24) is 15.1 Å². The summed E-state index contributed by atoms with van der Waals surface area (Å²) in [5, 5.41) is 17.0. The number of phenolic OH excluding ortho intramolecular Hbond substituents is 1. The maximum absolute atomic E-state index is 12.1. The van der Waals surface area contributed by atoms with Gasteiger partial charge in [0.05, 0.1) is 11.7 Å². The average molecular weight is 299 g/mol. The van der Waals surface area contributed by atoms with Gasteiger partial charge in [-0.1, -0.05) is 25.1 Å². The van der Waals surface area contributed by atoms with Gasteiger partial charge in [0.15, 0.2) is 0 Å². The van der Waals surface area contributed by atoms with Gasteiger partial charge in [-0.2, -0.15) is 5.10 Å². The molecule has 1 heterocycles. The van der Waals surface area contributed by atoms with Gasteiger partial charge >= 0.3 is 0 Å². The van der Waals surface area contributed by atoms with Crippen LogP contribution in [0.4, 0.5) is 0 Å². The van der Waals surface area contributed by atoms with Crippen molar-refractivity contribution < 1.29 is 9.90 Å². The maximum atomic E-state index is 12.1. The maximum Gasteiger partial charge on any atom is 0.244 e. The highest BCUT2D eigenvalue weighted by atomic mass is 16.3. The van der Waals surface area contributed by atoms with Gasteiger partial charge < -0.3 is 10.4 Å². The van der Waals surface area contributed by atoms with E-state index in [1.165, 1.54) is 6.08 Å². The molecule has 0 spiro atoms. The zero-order valence-corrected chi connectivity index (χ0v) is 12.9. The molecule has 2 rings (SSSR count). The third-order valence-corrected chi connectivity index (χ3v) is 3.49. The fourth-order valence-corrected chi connectivity index (χ4v) is 2.31. The minimum Gasteiger partial charge on any atom is -0.508 e. The van der Waals surface area contributed by atoms with Crippen LogP contribution in [0.3, 0.4) is 0 Å². The second-order valence-electron chi connectivity index (χ2n) is 4.93. The summed E-state index contributed by atoms with van der Waals surface area (Å²) >= 11 is 0. The Morgan fingerprint density at radius 1 is 1.36 bits per heavy atom. The topological polar surface area (TPSA) is 67.2 Å². The van der Waals surface area contributed by atoms with Gasteiger partial charge in [-0.25, -0.2) is 0 Å². The number of hydrogen-bond donors (Lipinski definition) is 2. The Morgan fingerprint density at radius 2 is 2.14 bits per heavy atom. The summed E-state index contributed by atoms with van der Waals surface area (Å²) < 4.78 is 1.81. The van der Waals surface area contributed by atoms with E-state index in [9.17, 15) is 9.90 Å². The monoisotopic (exact) mass is 299 g/mol. The number of benzene rings is 1. The van der Waals surface area contributed by atoms with Crippen LogP contribution in [0.15, 0.2) is 42.6 Å². The molecule has 2 aromatic rings. The van der Waals surface area contributed by atoms with Gasteiger partial charge in [0.2, 0.25) is 5.91 Å². The molecular weight excluding hydrogens is 278 g/mol. The van der Waals surface area contributed by atoms with Crippen LogP contribution in [-0.4, -0.2) is 20.8 Å². The van der Waals surface area contributed by atoms with E-state index >= 15 is 0 Å². The lowest BCUT2D eigenvalue weighted by Gasteiger charge is -2.17. The van der Waals surface area contributed by atoms with Crippen molar-refractivity contribution in [1.29, 1.82) is 0 Å². The van der Waals surface area contributed by atoms with Crippen LogP contribution in [-0.2, 0) is 11.3 Å². The zero-order chi connectivity index (χ0) is 15.9. The minimum absolute atomic E-state index is 0.195. The van der Waals surface area contributed by atoms with E-state index < -0.39 is 0 Å². The number of hydrogen-bond acceptors (Lipinski definition) is 3. The lowest BCUT2D eigenvalue weighted by molar-refractivity contribution is -0.117. The number of para-hydroxylation sites is 1. The van der Waals surface area contributed by atoms with E-state index in [0.29, 0.717) is 6.42 Å². The number of rotatable bonds is 6. The van der Waals surface area contributed by atoms with E-state index in [1.807, 2.05) is 36.7 Å². The van der Waals surface area contributed by atoms with Crippen molar-refractivity contribution in [3.05, 3.63) is 53.9 Å². The molecule has 0 saturated carbocycles. The predicted molar refractivity (Wildman–Crippen MR) is 86.2 cm³/mol. The number of carbonyl (C=O) groups excluding carboxylic acids is 1. The SMILES string of the molecule is CCC(NC(=O)/C=C/c1ccnn1CC)c1ccccc1O. The van der Waals surface area contributed by atoms with Crippen LogP contribution in [0, 0.1) is 0 Å². The van der Waals surface area contributed by atoms with E-state index in [2.05, 4.69) is 10.4 Å². The summed E-state index contributed by atoms with van der Waals surface area (Å²) in [5.41, 5.74) is 1.61. The van der Waals surface area contributed by atoms with E-state index in [-0.39, 0.29) is 17.7 Å². The number of nitrogens with zero attached hydrogens (tertiary/aromatic N) is 2. The molecule has 1 amide bonds. The van der Waals surface area contributed by atoms with Gasteiger partial charge in [0, 0.05) is 24.4 Å². The lowest BCUT2D eigenvalue weighted by Crippen LogP contribution is -2.26. The van der Waals surface area contributed by atoms with Gasteiger partial charge in [0.1, 0.15) is 5.75 Å². The Labute approximate surface area is 130 Å². The molecule has 116 valence electrons. The molecule has 1 aromatic heterocycles. The van der Waals surface area contributed by atoms with E-state index in [1.54, 1.807) is 24.4 Å². The highest BCUT2D eigenvalue weighted by molar-refractivity contribution is 5.91. The fourth-order valence-electron chi connectivity index (χ4n) is 2.31. The van der Waals surface area contributed by atoms with Crippen molar-refractivity contribution in [2.45, 2.75) is 32.9 Å². The number of aromatic nitrogens is 2. The molecule has 0 aliphatic rings. The second kappa shape index (κ2) is 7.45. The normalized spacial score (nSPS) is 12.5. The highest BCUT2D eigenvalue weighted by Gasteiger charge is 2.14. The second-order valence-corrected chi connectivity index (χ2v) is 4.93. The van der Waals surface area contributed by atoms with E-state index in [0.717, 1.165) is 17.8 Å². The van der Waals surface area contributed by atoms with Crippen molar-refractivity contribution in [2.75, 3.05) is 0 Å². The summed E-state index contributed by atoms with van der Waals surface area (Å²) in [6, 6.07) is 8.69. The molecule has 0 saturated heterocycles. The molecule has 0 fully saturated rings. The fraction of sp³-hybridized carbons (Fsp3) is 0.294. The molecule has 2 N–H and O–H groups in total. The minimum atomic E-state index is -0.213. The third-order valence-electron chi connectivity index (χ3n) is 3.49. The first-order chi connectivity index (χ1) is 10.7. The first-order valence-corrected chi connectivity index (χ1v) is 7.44. The van der Waals surface area contributed by atoms with Crippen molar-refractivity contribution >= 4 is 12.0 Å². The Bertz CT molecular complexity index is 661. The number of phenols is 1. The first-order valence-electron chi connectivity index (χ1n) is 7.44. The van der Waals surface area contributed by atoms with Crippen LogP contribution in [0.1, 0.15) is 37.6 Å². The first kappa shape index (κ1) is 15.8. The van der Waals surface area contributed by atoms with Crippen molar-refractivity contribution in [3.63, 3.8) is 0 Å². The van der Waals surface area contributed by atoms with Gasteiger partial charge in [-0.3, -0.25) is 9.48 Å². The molecule has 1 atom stereocenters. The standard InChI is InChI=1S/C17H21N3O2/c1-3-15(14-7-5-6-8-16(14)21)19-17(22)10-9-13-11-12-18-20(13)4-2/h5-12,15,21H,3-4H2,1-2H3,(H,19,22)/b10-9+. The van der Waals surface area contributed by atoms with Crippen LogP contribution in [0.2, 0.25) is 0 Å². The molecule has 5 nitrogen and oxygen atoms in total. The van der Waals surface area contributed by atoms with Crippen molar-refractivity contribution in [3.8, 4) is 5.75 Å². The predicted octanol–water partition coefficient (Wildman–Crippen LogP) is 2.89. The number of aryl methyl sites for hydroxylation is 1. The Balaban J connectivity index is 2.05. The molecule has 0 bridgehead atoms. The summed E-state index contributed by atoms with van der Waals surface area (Å²) in [6.07, 6.45) is 5.64. The molecule has 0 radical (unpaired) electrons. The molecule has 0 aliphatic carbocycles. The summed E-state index contributed by atoms with van der Waals surface area (Å²) in [7, 11) is 0. The van der Waals surface area contributed by atoms with Gasteiger partial charge in [-0.05, 0) is 31.6 Å². The molecule has 5 heteroatoms.